The van der Waals surface area contributed by atoms with Crippen molar-refractivity contribution in [3.8, 4) is 0 Å². The average Bonchev–Trinajstić information content (AvgIpc) is 3.19. The molecule has 2 N–H and O–H groups in total. The van der Waals surface area contributed by atoms with Gasteiger partial charge in [0.2, 0.25) is 5.91 Å². The monoisotopic (exact) mass is 289 g/mol. The fourth-order valence-electron chi connectivity index (χ4n) is 3.12. The van der Waals surface area contributed by atoms with Gasteiger partial charge in [-0.3, -0.25) is 4.79 Å². The average molecular weight is 289 g/mol. The van der Waals surface area contributed by atoms with Gasteiger partial charge in [0, 0.05) is 26.7 Å². The summed E-state index contributed by atoms with van der Waals surface area (Å²) in [6.45, 7) is 2.88. The molecule has 2 atom stereocenters. The second-order valence-electron chi connectivity index (χ2n) is 5.75. The van der Waals surface area contributed by atoms with Gasteiger partial charge in [-0.05, 0) is 31.4 Å². The van der Waals surface area contributed by atoms with E-state index >= 15 is 0 Å². The lowest BCUT2D eigenvalue weighted by Crippen LogP contribution is -2.36. The molecule has 0 aromatic heterocycles. The third kappa shape index (κ3) is 3.19. The van der Waals surface area contributed by atoms with Crippen LogP contribution < -0.4 is 15.5 Å². The Balaban J connectivity index is 1.68. The number of anilines is 2. The topological polar surface area (TPSA) is 53.6 Å². The Bertz CT molecular complexity index is 500. The SMILES string of the molecule is COC1CNC(C(=O)Nc2ccccc2N2CCCC2)C1. The predicted molar refractivity (Wildman–Crippen MR) is 83.7 cm³/mol. The van der Waals surface area contributed by atoms with E-state index < -0.39 is 0 Å². The molecule has 5 nitrogen and oxygen atoms in total. The molecular weight excluding hydrogens is 266 g/mol. The van der Waals surface area contributed by atoms with Crippen molar-refractivity contribution >= 4 is 17.3 Å². The normalized spacial score (nSPS) is 25.3. The van der Waals surface area contributed by atoms with Gasteiger partial charge in [-0.15, -0.1) is 0 Å². The number of carbonyl (C=O) groups is 1. The van der Waals surface area contributed by atoms with Gasteiger partial charge in [-0.25, -0.2) is 0 Å². The first-order valence-electron chi connectivity index (χ1n) is 7.69. The van der Waals surface area contributed by atoms with Crippen molar-refractivity contribution in [3.05, 3.63) is 24.3 Å². The number of methoxy groups -OCH3 is 1. The van der Waals surface area contributed by atoms with E-state index in [1.165, 1.54) is 12.8 Å². The summed E-state index contributed by atoms with van der Waals surface area (Å²) in [7, 11) is 1.69. The molecule has 21 heavy (non-hydrogen) atoms. The largest absolute Gasteiger partial charge is 0.380 e. The van der Waals surface area contributed by atoms with Crippen LogP contribution in [0.15, 0.2) is 24.3 Å². The maximum Gasteiger partial charge on any atom is 0.241 e. The molecule has 3 rings (SSSR count). The summed E-state index contributed by atoms with van der Waals surface area (Å²) >= 11 is 0. The molecule has 2 unspecified atom stereocenters. The summed E-state index contributed by atoms with van der Waals surface area (Å²) in [6.07, 6.45) is 3.31. The number of amides is 1. The molecule has 1 amide bonds. The summed E-state index contributed by atoms with van der Waals surface area (Å²) in [5.41, 5.74) is 2.04. The number of benzene rings is 1. The first-order chi connectivity index (χ1) is 10.3. The van der Waals surface area contributed by atoms with Crippen LogP contribution in [0.5, 0.6) is 0 Å². The predicted octanol–water partition coefficient (Wildman–Crippen LogP) is 1.60. The Morgan fingerprint density at radius 3 is 2.81 bits per heavy atom. The lowest BCUT2D eigenvalue weighted by molar-refractivity contribution is -0.118. The van der Waals surface area contributed by atoms with E-state index in [9.17, 15) is 4.79 Å². The number of para-hydroxylation sites is 2. The number of nitrogens with zero attached hydrogens (tertiary/aromatic N) is 1. The second kappa shape index (κ2) is 6.45. The minimum absolute atomic E-state index is 0.0289. The summed E-state index contributed by atoms with van der Waals surface area (Å²) in [5.74, 6) is 0.0289. The second-order valence-corrected chi connectivity index (χ2v) is 5.75. The lowest BCUT2D eigenvalue weighted by Gasteiger charge is -2.22. The minimum atomic E-state index is -0.165. The van der Waals surface area contributed by atoms with Crippen molar-refractivity contribution < 1.29 is 9.53 Å². The molecule has 0 saturated carbocycles. The number of nitrogens with one attached hydrogen (secondary N) is 2. The van der Waals surface area contributed by atoms with Gasteiger partial charge >= 0.3 is 0 Å². The van der Waals surface area contributed by atoms with Crippen LogP contribution >= 0.6 is 0 Å². The van der Waals surface area contributed by atoms with Crippen LogP contribution in [-0.4, -0.2) is 44.8 Å². The minimum Gasteiger partial charge on any atom is -0.380 e. The quantitative estimate of drug-likeness (QED) is 0.884. The molecule has 0 spiro atoms. The van der Waals surface area contributed by atoms with E-state index in [1.807, 2.05) is 18.2 Å². The first-order valence-corrected chi connectivity index (χ1v) is 7.69. The molecule has 0 bridgehead atoms. The number of hydrogen-bond acceptors (Lipinski definition) is 4. The van der Waals surface area contributed by atoms with Gasteiger partial charge in [0.1, 0.15) is 0 Å². The van der Waals surface area contributed by atoms with Crippen LogP contribution in [0, 0.1) is 0 Å². The zero-order valence-electron chi connectivity index (χ0n) is 12.5. The summed E-state index contributed by atoms with van der Waals surface area (Å²) < 4.78 is 5.30. The van der Waals surface area contributed by atoms with E-state index in [0.29, 0.717) is 0 Å². The van der Waals surface area contributed by atoms with Crippen molar-refractivity contribution in [1.29, 1.82) is 0 Å². The Morgan fingerprint density at radius 2 is 2.10 bits per heavy atom. The number of hydrogen-bond donors (Lipinski definition) is 2. The van der Waals surface area contributed by atoms with Crippen LogP contribution in [0.1, 0.15) is 19.3 Å². The van der Waals surface area contributed by atoms with Gasteiger partial charge in [-0.1, -0.05) is 12.1 Å². The molecule has 2 saturated heterocycles. The summed E-state index contributed by atoms with van der Waals surface area (Å²) in [5, 5.41) is 6.29. The van der Waals surface area contributed by atoms with Gasteiger partial charge in [0.05, 0.1) is 23.5 Å². The van der Waals surface area contributed by atoms with Crippen LogP contribution in [0.2, 0.25) is 0 Å². The molecule has 1 aromatic rings. The maximum absolute atomic E-state index is 12.4. The molecule has 1 aromatic carbocycles. The fourth-order valence-corrected chi connectivity index (χ4v) is 3.12. The Labute approximate surface area is 125 Å². The molecule has 2 fully saturated rings. The number of rotatable bonds is 4. The number of carbonyl (C=O) groups excluding carboxylic acids is 1. The highest BCUT2D eigenvalue weighted by atomic mass is 16.5. The van der Waals surface area contributed by atoms with E-state index in [-0.39, 0.29) is 18.1 Å². The number of ether oxygens (including phenoxy) is 1. The maximum atomic E-state index is 12.4. The van der Waals surface area contributed by atoms with E-state index in [1.54, 1.807) is 7.11 Å². The van der Waals surface area contributed by atoms with Crippen molar-refractivity contribution in [2.75, 3.05) is 37.0 Å². The summed E-state index contributed by atoms with van der Waals surface area (Å²) in [6, 6.07) is 7.89. The summed E-state index contributed by atoms with van der Waals surface area (Å²) in [4.78, 5) is 14.7. The van der Waals surface area contributed by atoms with Crippen molar-refractivity contribution in [2.45, 2.75) is 31.4 Å². The molecule has 0 radical (unpaired) electrons. The Morgan fingerprint density at radius 1 is 1.33 bits per heavy atom. The highest BCUT2D eigenvalue weighted by Gasteiger charge is 2.29. The zero-order valence-corrected chi connectivity index (χ0v) is 12.5. The van der Waals surface area contributed by atoms with Crippen LogP contribution in [-0.2, 0) is 9.53 Å². The molecule has 0 aliphatic carbocycles. The smallest absolute Gasteiger partial charge is 0.241 e. The third-order valence-electron chi connectivity index (χ3n) is 4.35. The van der Waals surface area contributed by atoms with E-state index in [2.05, 4.69) is 21.6 Å². The Kier molecular flexibility index (Phi) is 4.41. The van der Waals surface area contributed by atoms with Crippen molar-refractivity contribution in [2.24, 2.45) is 0 Å². The van der Waals surface area contributed by atoms with Gasteiger partial charge in [-0.2, -0.15) is 0 Å². The molecule has 114 valence electrons. The molecule has 2 aliphatic rings. The van der Waals surface area contributed by atoms with Crippen molar-refractivity contribution in [1.82, 2.24) is 5.32 Å². The van der Waals surface area contributed by atoms with Gasteiger partial charge in [0.15, 0.2) is 0 Å². The molecule has 2 aliphatic heterocycles. The van der Waals surface area contributed by atoms with Crippen LogP contribution in [0.3, 0.4) is 0 Å². The van der Waals surface area contributed by atoms with Gasteiger partial charge < -0.3 is 20.3 Å². The van der Waals surface area contributed by atoms with Crippen LogP contribution in [0.4, 0.5) is 11.4 Å². The van der Waals surface area contributed by atoms with Crippen molar-refractivity contribution in [3.63, 3.8) is 0 Å². The van der Waals surface area contributed by atoms with E-state index in [4.69, 9.17) is 4.74 Å². The van der Waals surface area contributed by atoms with Crippen LogP contribution in [0.25, 0.3) is 0 Å². The molecule has 2 heterocycles. The highest BCUT2D eigenvalue weighted by Crippen LogP contribution is 2.29. The Hall–Kier alpha value is -1.59. The standard InChI is InChI=1S/C16H23N3O2/c1-21-12-10-14(17-11-12)16(20)18-13-6-2-3-7-15(13)19-8-4-5-9-19/h2-3,6-7,12,14,17H,4-5,8-11H2,1H3,(H,18,20). The molecule has 5 heteroatoms. The third-order valence-corrected chi connectivity index (χ3v) is 4.35. The fraction of sp³-hybridized carbons (Fsp3) is 0.562. The zero-order chi connectivity index (χ0) is 14.7. The lowest BCUT2D eigenvalue weighted by atomic mass is 10.1. The van der Waals surface area contributed by atoms with Gasteiger partial charge in [0.25, 0.3) is 0 Å². The molecular formula is C16H23N3O2. The van der Waals surface area contributed by atoms with E-state index in [0.717, 1.165) is 37.4 Å². The first kappa shape index (κ1) is 14.4. The highest BCUT2D eigenvalue weighted by molar-refractivity contribution is 5.98.